The van der Waals surface area contributed by atoms with Gasteiger partial charge in [-0.3, -0.25) is 0 Å². The molecule has 120 valence electrons. The molecule has 24 heavy (non-hydrogen) atoms. The van der Waals surface area contributed by atoms with E-state index in [0.29, 0.717) is 5.71 Å². The lowest BCUT2D eigenvalue weighted by atomic mass is 9.96. The van der Waals surface area contributed by atoms with Crippen molar-refractivity contribution < 1.29 is 0 Å². The average molecular weight is 314 g/mol. The number of nitrogens with one attached hydrogen (secondary N) is 2. The first-order chi connectivity index (χ1) is 11.8. The fourth-order valence-corrected chi connectivity index (χ4v) is 2.84. The highest BCUT2D eigenvalue weighted by molar-refractivity contribution is 6.10. The molecule has 2 N–H and O–H groups in total. The van der Waals surface area contributed by atoms with E-state index < -0.39 is 0 Å². The third kappa shape index (κ3) is 3.72. The summed E-state index contributed by atoms with van der Waals surface area (Å²) in [5.41, 5.74) is 5.88. The van der Waals surface area contributed by atoms with Crippen molar-refractivity contribution in [1.29, 1.82) is 5.41 Å². The molecule has 1 aliphatic rings. The Balaban J connectivity index is 1.88. The van der Waals surface area contributed by atoms with Crippen molar-refractivity contribution in [3.63, 3.8) is 0 Å². The Hall–Kier alpha value is -2.87. The van der Waals surface area contributed by atoms with Crippen LogP contribution in [0.5, 0.6) is 0 Å². The second kappa shape index (κ2) is 7.60. The zero-order valence-electron chi connectivity index (χ0n) is 13.9. The summed E-state index contributed by atoms with van der Waals surface area (Å²) in [7, 11) is 1.89. The molecule has 0 saturated carbocycles. The van der Waals surface area contributed by atoms with E-state index in [1.54, 1.807) is 0 Å². The van der Waals surface area contributed by atoms with Gasteiger partial charge >= 0.3 is 0 Å². The standard InChI is InChI=1S/C22H22N2/c1-24-22(18-11-6-3-7-12-18)16-21(23)20-14-8-13-19(15-20)17-9-4-2-5-10-17/h3-4,6-16,23-24H,2,5H2,1H3/b22-16-,23-21?. The fourth-order valence-electron chi connectivity index (χ4n) is 2.84. The number of allylic oxidation sites excluding steroid dienone is 5. The molecule has 0 aromatic heterocycles. The molecule has 0 unspecified atom stereocenters. The molecule has 2 aromatic carbocycles. The van der Waals surface area contributed by atoms with Crippen LogP contribution in [-0.4, -0.2) is 12.8 Å². The molecule has 0 amide bonds. The summed E-state index contributed by atoms with van der Waals surface area (Å²) in [6.45, 7) is 0. The van der Waals surface area contributed by atoms with Crippen LogP contribution in [0.2, 0.25) is 0 Å². The van der Waals surface area contributed by atoms with Crippen molar-refractivity contribution in [2.45, 2.75) is 12.8 Å². The molecule has 0 heterocycles. The van der Waals surface area contributed by atoms with Gasteiger partial charge in [-0.2, -0.15) is 0 Å². The zero-order valence-corrected chi connectivity index (χ0v) is 13.9. The van der Waals surface area contributed by atoms with E-state index in [-0.39, 0.29) is 0 Å². The van der Waals surface area contributed by atoms with Gasteiger partial charge < -0.3 is 10.7 Å². The molecule has 0 atom stereocenters. The Labute approximate surface area is 143 Å². The average Bonchev–Trinajstić information content (AvgIpc) is 2.67. The van der Waals surface area contributed by atoms with E-state index in [0.717, 1.165) is 29.7 Å². The Bertz CT molecular complexity index is 811. The molecular formula is C22H22N2. The lowest BCUT2D eigenvalue weighted by Gasteiger charge is -2.10. The van der Waals surface area contributed by atoms with Crippen LogP contribution in [0.3, 0.4) is 0 Å². The van der Waals surface area contributed by atoms with Gasteiger partial charge in [0, 0.05) is 18.3 Å². The van der Waals surface area contributed by atoms with Crippen molar-refractivity contribution in [2.24, 2.45) is 0 Å². The molecule has 0 bridgehead atoms. The van der Waals surface area contributed by atoms with Crippen molar-refractivity contribution in [1.82, 2.24) is 5.32 Å². The van der Waals surface area contributed by atoms with Crippen LogP contribution in [0.25, 0.3) is 11.3 Å². The zero-order chi connectivity index (χ0) is 16.8. The third-order valence-electron chi connectivity index (χ3n) is 4.14. The molecule has 2 heteroatoms. The summed E-state index contributed by atoms with van der Waals surface area (Å²) < 4.78 is 0. The second-order valence-electron chi connectivity index (χ2n) is 5.81. The summed E-state index contributed by atoms with van der Waals surface area (Å²) in [5, 5.41) is 11.7. The van der Waals surface area contributed by atoms with Crippen LogP contribution in [0.1, 0.15) is 29.5 Å². The number of hydrogen-bond acceptors (Lipinski definition) is 2. The lowest BCUT2D eigenvalue weighted by molar-refractivity contribution is 1.04. The Morgan fingerprint density at radius 3 is 2.50 bits per heavy atom. The molecule has 3 rings (SSSR count). The maximum absolute atomic E-state index is 8.47. The molecule has 0 saturated heterocycles. The van der Waals surface area contributed by atoms with Crippen LogP contribution < -0.4 is 5.32 Å². The van der Waals surface area contributed by atoms with E-state index in [9.17, 15) is 0 Å². The fraction of sp³-hybridized carbons (Fsp3) is 0.136. The van der Waals surface area contributed by atoms with E-state index >= 15 is 0 Å². The van der Waals surface area contributed by atoms with Gasteiger partial charge in [0.1, 0.15) is 0 Å². The Kier molecular flexibility index (Phi) is 5.07. The number of rotatable bonds is 5. The summed E-state index contributed by atoms with van der Waals surface area (Å²) in [6.07, 6.45) is 10.7. The summed E-state index contributed by atoms with van der Waals surface area (Å²) in [6, 6.07) is 18.3. The van der Waals surface area contributed by atoms with Crippen LogP contribution in [0.4, 0.5) is 0 Å². The van der Waals surface area contributed by atoms with Gasteiger partial charge in [-0.05, 0) is 41.7 Å². The minimum absolute atomic E-state index is 0.505. The van der Waals surface area contributed by atoms with E-state index in [1.165, 1.54) is 11.1 Å². The molecular weight excluding hydrogens is 292 g/mol. The van der Waals surface area contributed by atoms with Gasteiger partial charge in [0.25, 0.3) is 0 Å². The minimum atomic E-state index is 0.505. The SMILES string of the molecule is CN/C(=C\C(=N)c1cccc(C2=CCCC=C2)c1)c1ccccc1. The van der Waals surface area contributed by atoms with Crippen LogP contribution in [0, 0.1) is 5.41 Å². The normalized spacial score (nSPS) is 14.2. The Morgan fingerprint density at radius 1 is 1.00 bits per heavy atom. The van der Waals surface area contributed by atoms with Gasteiger partial charge in [-0.15, -0.1) is 0 Å². The Morgan fingerprint density at radius 2 is 1.79 bits per heavy atom. The number of benzene rings is 2. The van der Waals surface area contributed by atoms with Crippen molar-refractivity contribution >= 4 is 17.0 Å². The monoisotopic (exact) mass is 314 g/mol. The quantitative estimate of drug-likeness (QED) is 0.744. The van der Waals surface area contributed by atoms with Gasteiger partial charge in [0.05, 0.1) is 5.71 Å². The van der Waals surface area contributed by atoms with E-state index in [2.05, 4.69) is 35.7 Å². The van der Waals surface area contributed by atoms with Crippen molar-refractivity contribution in [3.8, 4) is 0 Å². The molecule has 0 aliphatic heterocycles. The highest BCUT2D eigenvalue weighted by Crippen LogP contribution is 2.22. The molecule has 2 aromatic rings. The maximum atomic E-state index is 8.47. The molecule has 0 spiro atoms. The minimum Gasteiger partial charge on any atom is -0.388 e. The maximum Gasteiger partial charge on any atom is 0.0633 e. The molecule has 2 nitrogen and oxygen atoms in total. The molecule has 1 aliphatic carbocycles. The largest absolute Gasteiger partial charge is 0.388 e. The van der Waals surface area contributed by atoms with Crippen LogP contribution in [0.15, 0.2) is 78.9 Å². The second-order valence-corrected chi connectivity index (χ2v) is 5.81. The van der Waals surface area contributed by atoms with Gasteiger partial charge in [-0.1, -0.05) is 66.8 Å². The third-order valence-corrected chi connectivity index (χ3v) is 4.14. The van der Waals surface area contributed by atoms with E-state index in [1.807, 2.05) is 55.6 Å². The molecule has 0 radical (unpaired) electrons. The summed E-state index contributed by atoms with van der Waals surface area (Å²) in [4.78, 5) is 0. The first kappa shape index (κ1) is 16.0. The van der Waals surface area contributed by atoms with Gasteiger partial charge in [-0.25, -0.2) is 0 Å². The van der Waals surface area contributed by atoms with Crippen molar-refractivity contribution in [3.05, 3.63) is 95.6 Å². The van der Waals surface area contributed by atoms with Crippen LogP contribution in [-0.2, 0) is 0 Å². The van der Waals surface area contributed by atoms with Gasteiger partial charge in [0.2, 0.25) is 0 Å². The van der Waals surface area contributed by atoms with Gasteiger partial charge in [0.15, 0.2) is 0 Å². The molecule has 0 fully saturated rings. The predicted molar refractivity (Wildman–Crippen MR) is 103 cm³/mol. The summed E-state index contributed by atoms with van der Waals surface area (Å²) >= 11 is 0. The van der Waals surface area contributed by atoms with E-state index in [4.69, 9.17) is 5.41 Å². The lowest BCUT2D eigenvalue weighted by Crippen LogP contribution is -2.08. The van der Waals surface area contributed by atoms with Crippen LogP contribution >= 0.6 is 0 Å². The highest BCUT2D eigenvalue weighted by atomic mass is 14.8. The predicted octanol–water partition coefficient (Wildman–Crippen LogP) is 5.05. The van der Waals surface area contributed by atoms with Crippen molar-refractivity contribution in [2.75, 3.05) is 7.05 Å². The summed E-state index contributed by atoms with van der Waals surface area (Å²) in [5.74, 6) is 0. The first-order valence-electron chi connectivity index (χ1n) is 8.29. The topological polar surface area (TPSA) is 35.9 Å². The smallest absolute Gasteiger partial charge is 0.0633 e. The highest BCUT2D eigenvalue weighted by Gasteiger charge is 2.06. The first-order valence-corrected chi connectivity index (χ1v) is 8.29. The number of hydrogen-bond donors (Lipinski definition) is 2.